The standard InChI is InChI=1S/C19H23NO2/c1-3-20(4-2)15-18(21)19(22,16-11-7-5-8-12-16)17-13-9-6-10-14-17/h5-14,22H,3-4,15H2,1-2H3. The fourth-order valence-corrected chi connectivity index (χ4v) is 2.61. The molecule has 0 unspecified atom stereocenters. The van der Waals surface area contributed by atoms with E-state index in [9.17, 15) is 9.90 Å². The molecular formula is C19H23NO2. The smallest absolute Gasteiger partial charge is 0.187 e. The van der Waals surface area contributed by atoms with Gasteiger partial charge in [0.1, 0.15) is 0 Å². The highest BCUT2D eigenvalue weighted by Crippen LogP contribution is 2.30. The average Bonchev–Trinajstić information content (AvgIpc) is 2.60. The van der Waals surface area contributed by atoms with Gasteiger partial charge in [-0.25, -0.2) is 0 Å². The number of benzene rings is 2. The lowest BCUT2D eigenvalue weighted by molar-refractivity contribution is -0.135. The number of likely N-dealkylation sites (N-methyl/N-ethyl adjacent to an activating group) is 1. The monoisotopic (exact) mass is 297 g/mol. The number of aliphatic hydroxyl groups is 1. The van der Waals surface area contributed by atoms with Gasteiger partial charge in [-0.1, -0.05) is 74.5 Å². The molecule has 0 radical (unpaired) electrons. The van der Waals surface area contributed by atoms with Crippen molar-refractivity contribution in [1.82, 2.24) is 4.90 Å². The molecule has 22 heavy (non-hydrogen) atoms. The molecule has 1 N–H and O–H groups in total. The third kappa shape index (κ3) is 3.26. The van der Waals surface area contributed by atoms with Crippen LogP contribution in [-0.2, 0) is 10.4 Å². The first kappa shape index (κ1) is 16.4. The van der Waals surface area contributed by atoms with E-state index in [-0.39, 0.29) is 12.3 Å². The highest BCUT2D eigenvalue weighted by Gasteiger charge is 2.39. The number of Topliss-reactive ketones (excluding diaryl/α,β-unsaturated/α-hetero) is 1. The predicted molar refractivity (Wildman–Crippen MR) is 88.7 cm³/mol. The van der Waals surface area contributed by atoms with Crippen molar-refractivity contribution in [3.63, 3.8) is 0 Å². The maximum Gasteiger partial charge on any atom is 0.187 e. The van der Waals surface area contributed by atoms with Crippen LogP contribution in [0.2, 0.25) is 0 Å². The van der Waals surface area contributed by atoms with E-state index in [2.05, 4.69) is 0 Å². The van der Waals surface area contributed by atoms with E-state index in [4.69, 9.17) is 0 Å². The summed E-state index contributed by atoms with van der Waals surface area (Å²) >= 11 is 0. The van der Waals surface area contributed by atoms with Gasteiger partial charge < -0.3 is 5.11 Å². The largest absolute Gasteiger partial charge is 0.373 e. The summed E-state index contributed by atoms with van der Waals surface area (Å²) in [6.07, 6.45) is 0. The SMILES string of the molecule is CCN(CC)CC(=O)C(O)(c1ccccc1)c1ccccc1. The Morgan fingerprint density at radius 1 is 0.909 bits per heavy atom. The Kier molecular flexibility index (Phi) is 5.47. The molecule has 0 heterocycles. The van der Waals surface area contributed by atoms with Gasteiger partial charge in [-0.2, -0.15) is 0 Å². The molecule has 0 aliphatic carbocycles. The van der Waals surface area contributed by atoms with Crippen LogP contribution in [0.3, 0.4) is 0 Å². The van der Waals surface area contributed by atoms with E-state index in [1.165, 1.54) is 0 Å². The third-order valence-electron chi connectivity index (χ3n) is 4.05. The fraction of sp³-hybridized carbons (Fsp3) is 0.316. The third-order valence-corrected chi connectivity index (χ3v) is 4.05. The Morgan fingerprint density at radius 3 is 1.68 bits per heavy atom. The van der Waals surface area contributed by atoms with Gasteiger partial charge >= 0.3 is 0 Å². The van der Waals surface area contributed by atoms with Crippen LogP contribution in [0.1, 0.15) is 25.0 Å². The van der Waals surface area contributed by atoms with Crippen LogP contribution < -0.4 is 0 Å². The number of rotatable bonds is 7. The zero-order valence-corrected chi connectivity index (χ0v) is 13.2. The summed E-state index contributed by atoms with van der Waals surface area (Å²) in [6.45, 7) is 5.82. The Hall–Kier alpha value is -1.97. The fourth-order valence-electron chi connectivity index (χ4n) is 2.61. The predicted octanol–water partition coefficient (Wildman–Crippen LogP) is 2.83. The Morgan fingerprint density at radius 2 is 1.32 bits per heavy atom. The molecule has 0 aliphatic heterocycles. The van der Waals surface area contributed by atoms with Gasteiger partial charge in [-0.3, -0.25) is 9.69 Å². The molecule has 3 nitrogen and oxygen atoms in total. The number of carbonyl (C=O) groups is 1. The van der Waals surface area contributed by atoms with E-state index in [0.29, 0.717) is 11.1 Å². The van der Waals surface area contributed by atoms with Crippen LogP contribution in [0.4, 0.5) is 0 Å². The Labute approximate surface area is 132 Å². The summed E-state index contributed by atoms with van der Waals surface area (Å²) in [7, 11) is 0. The van der Waals surface area contributed by atoms with Crippen molar-refractivity contribution in [2.75, 3.05) is 19.6 Å². The number of nitrogens with zero attached hydrogens (tertiary/aromatic N) is 1. The summed E-state index contributed by atoms with van der Waals surface area (Å²) in [5.74, 6) is -0.200. The van der Waals surface area contributed by atoms with Gasteiger partial charge in [-0.15, -0.1) is 0 Å². The Balaban J connectivity index is 2.45. The molecule has 0 bridgehead atoms. The lowest BCUT2D eigenvalue weighted by atomic mass is 9.82. The van der Waals surface area contributed by atoms with Crippen molar-refractivity contribution in [2.45, 2.75) is 19.4 Å². The average molecular weight is 297 g/mol. The van der Waals surface area contributed by atoms with Crippen molar-refractivity contribution >= 4 is 5.78 Å². The molecule has 0 aromatic heterocycles. The topological polar surface area (TPSA) is 40.5 Å². The number of hydrogen-bond acceptors (Lipinski definition) is 3. The quantitative estimate of drug-likeness (QED) is 0.854. The molecule has 2 aromatic rings. The van der Waals surface area contributed by atoms with E-state index in [1.807, 2.05) is 55.1 Å². The minimum absolute atomic E-state index is 0.200. The molecule has 116 valence electrons. The van der Waals surface area contributed by atoms with Crippen molar-refractivity contribution < 1.29 is 9.90 Å². The maximum absolute atomic E-state index is 12.9. The molecule has 2 rings (SSSR count). The first-order chi connectivity index (χ1) is 10.6. The van der Waals surface area contributed by atoms with Crippen LogP contribution >= 0.6 is 0 Å². The van der Waals surface area contributed by atoms with Gasteiger partial charge in [-0.05, 0) is 24.2 Å². The summed E-state index contributed by atoms with van der Waals surface area (Å²) in [5, 5.41) is 11.3. The first-order valence-electron chi connectivity index (χ1n) is 7.72. The van der Waals surface area contributed by atoms with Crippen LogP contribution in [-0.4, -0.2) is 35.4 Å². The molecule has 0 saturated carbocycles. The summed E-state index contributed by atoms with van der Waals surface area (Å²) in [4.78, 5) is 14.9. The first-order valence-corrected chi connectivity index (χ1v) is 7.72. The lowest BCUT2D eigenvalue weighted by Gasteiger charge is -2.30. The van der Waals surface area contributed by atoms with Crippen molar-refractivity contribution in [1.29, 1.82) is 0 Å². The van der Waals surface area contributed by atoms with Gasteiger partial charge in [0.25, 0.3) is 0 Å². The van der Waals surface area contributed by atoms with Crippen molar-refractivity contribution in [3.8, 4) is 0 Å². The highest BCUT2D eigenvalue weighted by molar-refractivity contribution is 5.93. The number of carbonyl (C=O) groups excluding carboxylic acids is 1. The molecule has 3 heteroatoms. The summed E-state index contributed by atoms with van der Waals surface area (Å²) in [5.41, 5.74) is -0.387. The minimum Gasteiger partial charge on any atom is -0.373 e. The van der Waals surface area contributed by atoms with Crippen LogP contribution in [0.25, 0.3) is 0 Å². The highest BCUT2D eigenvalue weighted by atomic mass is 16.3. The van der Waals surface area contributed by atoms with Crippen LogP contribution in [0.15, 0.2) is 60.7 Å². The second-order valence-electron chi connectivity index (χ2n) is 5.33. The normalized spacial score (nSPS) is 11.6. The summed E-state index contributed by atoms with van der Waals surface area (Å²) < 4.78 is 0. The van der Waals surface area contributed by atoms with Gasteiger partial charge in [0.05, 0.1) is 6.54 Å². The molecule has 0 atom stereocenters. The summed E-state index contributed by atoms with van der Waals surface area (Å²) in [6, 6.07) is 18.3. The van der Waals surface area contributed by atoms with Gasteiger partial charge in [0, 0.05) is 0 Å². The number of ketones is 1. The van der Waals surface area contributed by atoms with Crippen molar-refractivity contribution in [3.05, 3.63) is 71.8 Å². The van der Waals surface area contributed by atoms with E-state index in [0.717, 1.165) is 13.1 Å². The van der Waals surface area contributed by atoms with E-state index >= 15 is 0 Å². The second kappa shape index (κ2) is 7.34. The second-order valence-corrected chi connectivity index (χ2v) is 5.33. The van der Waals surface area contributed by atoms with E-state index in [1.54, 1.807) is 24.3 Å². The minimum atomic E-state index is -1.61. The molecular weight excluding hydrogens is 274 g/mol. The Bertz CT molecular complexity index is 552. The molecule has 2 aromatic carbocycles. The maximum atomic E-state index is 12.9. The zero-order chi connectivity index (χ0) is 16.0. The van der Waals surface area contributed by atoms with Crippen molar-refractivity contribution in [2.24, 2.45) is 0 Å². The van der Waals surface area contributed by atoms with Gasteiger partial charge in [0.15, 0.2) is 11.4 Å². The number of hydrogen-bond donors (Lipinski definition) is 1. The zero-order valence-electron chi connectivity index (χ0n) is 13.2. The molecule has 0 aliphatic rings. The lowest BCUT2D eigenvalue weighted by Crippen LogP contribution is -2.44. The van der Waals surface area contributed by atoms with E-state index < -0.39 is 5.60 Å². The molecule has 0 spiro atoms. The molecule has 0 saturated heterocycles. The van der Waals surface area contributed by atoms with Crippen LogP contribution in [0.5, 0.6) is 0 Å². The van der Waals surface area contributed by atoms with Crippen LogP contribution in [0, 0.1) is 0 Å². The molecule has 0 amide bonds. The van der Waals surface area contributed by atoms with Gasteiger partial charge in [0.2, 0.25) is 0 Å². The molecule has 0 fully saturated rings.